The number of aliphatic imine (C=N–C) groups is 1. The van der Waals surface area contributed by atoms with Crippen LogP contribution in [0.2, 0.25) is 0 Å². The maximum absolute atomic E-state index is 13.1. The molecule has 0 bridgehead atoms. The minimum atomic E-state index is -1.80. The number of nitrogens with two attached hydrogens (primary N) is 2. The molecule has 1 saturated heterocycles. The number of carboxylic acids is 1. The van der Waals surface area contributed by atoms with E-state index in [0.717, 1.165) is 6.42 Å². The Labute approximate surface area is 283 Å². The zero-order valence-corrected chi connectivity index (χ0v) is 27.8. The van der Waals surface area contributed by atoms with E-state index in [1.807, 2.05) is 0 Å². The van der Waals surface area contributed by atoms with Gasteiger partial charge in [-0.15, -0.1) is 0 Å². The number of aromatic hydroxyl groups is 1. The van der Waals surface area contributed by atoms with Crippen LogP contribution in [-0.4, -0.2) is 115 Å². The Morgan fingerprint density at radius 2 is 1.65 bits per heavy atom. The third-order valence-electron chi connectivity index (χ3n) is 7.50. The summed E-state index contributed by atoms with van der Waals surface area (Å²) in [6.07, 6.45) is -6.80. The first kappa shape index (κ1) is 38.9. The van der Waals surface area contributed by atoms with E-state index in [4.69, 9.17) is 39.9 Å². The van der Waals surface area contributed by atoms with Crippen LogP contribution in [0.5, 0.6) is 28.7 Å². The Bertz CT molecular complexity index is 1450. The summed E-state index contributed by atoms with van der Waals surface area (Å²) in [7, 11) is 2.59. The summed E-state index contributed by atoms with van der Waals surface area (Å²) in [5.74, 6) is -2.19. The SMILES string of the molecule is COc1cc(C(=O)OC[C@H]2O[C@@H](Oc3c(CCCN=C(N)N)cc(C(=O)O)cc3OC)[C@H](O)[C@@H](O)[C@@H]2O)cc(OCNCCC(C)C)c1O. The summed E-state index contributed by atoms with van der Waals surface area (Å²) in [5.41, 5.74) is 11.0. The second kappa shape index (κ2) is 18.3. The molecule has 272 valence electrons. The van der Waals surface area contributed by atoms with E-state index >= 15 is 0 Å². The summed E-state index contributed by atoms with van der Waals surface area (Å²) < 4.78 is 33.2. The molecular formula is C32H46N4O13. The summed E-state index contributed by atoms with van der Waals surface area (Å²) in [6.45, 7) is 4.51. The normalized spacial score (nSPS) is 20.4. The molecule has 2 aromatic carbocycles. The van der Waals surface area contributed by atoms with E-state index in [9.17, 15) is 35.1 Å². The van der Waals surface area contributed by atoms with Gasteiger partial charge in [-0.05, 0) is 61.6 Å². The number of rotatable bonds is 18. The van der Waals surface area contributed by atoms with Crippen molar-refractivity contribution >= 4 is 17.9 Å². The highest BCUT2D eigenvalue weighted by Crippen LogP contribution is 2.38. The number of aromatic carboxylic acids is 1. The van der Waals surface area contributed by atoms with Crippen LogP contribution in [0.25, 0.3) is 0 Å². The smallest absolute Gasteiger partial charge is 0.338 e. The molecule has 1 aliphatic rings. The lowest BCUT2D eigenvalue weighted by molar-refractivity contribution is -0.277. The summed E-state index contributed by atoms with van der Waals surface area (Å²) in [6, 6.07) is 5.06. The number of aryl methyl sites for hydroxylation is 1. The van der Waals surface area contributed by atoms with E-state index in [1.165, 1.54) is 38.5 Å². The molecule has 0 radical (unpaired) electrons. The van der Waals surface area contributed by atoms with E-state index in [0.29, 0.717) is 24.4 Å². The monoisotopic (exact) mass is 694 g/mol. The van der Waals surface area contributed by atoms with Gasteiger partial charge in [0, 0.05) is 6.54 Å². The fourth-order valence-corrected chi connectivity index (χ4v) is 4.80. The van der Waals surface area contributed by atoms with Crippen molar-refractivity contribution in [1.82, 2.24) is 5.32 Å². The van der Waals surface area contributed by atoms with Crippen LogP contribution in [0.1, 0.15) is 53.0 Å². The van der Waals surface area contributed by atoms with Crippen molar-refractivity contribution in [2.75, 3.05) is 40.6 Å². The zero-order valence-electron chi connectivity index (χ0n) is 27.8. The molecule has 17 heteroatoms. The second-order valence-corrected chi connectivity index (χ2v) is 11.6. The molecule has 49 heavy (non-hydrogen) atoms. The molecule has 0 aliphatic carbocycles. The van der Waals surface area contributed by atoms with Crippen LogP contribution < -0.4 is 35.7 Å². The molecule has 3 rings (SSSR count). The van der Waals surface area contributed by atoms with Crippen LogP contribution in [0.3, 0.4) is 0 Å². The first-order chi connectivity index (χ1) is 23.3. The Balaban J connectivity index is 1.77. The number of aliphatic hydroxyl groups excluding tert-OH is 3. The predicted molar refractivity (Wildman–Crippen MR) is 174 cm³/mol. The highest BCUT2D eigenvalue weighted by atomic mass is 16.7. The number of hydrogen-bond acceptors (Lipinski definition) is 14. The summed E-state index contributed by atoms with van der Waals surface area (Å²) in [5, 5.41) is 55.2. The number of ether oxygens (including phenoxy) is 6. The molecule has 0 aromatic heterocycles. The molecule has 2 aromatic rings. The Morgan fingerprint density at radius 3 is 2.29 bits per heavy atom. The largest absolute Gasteiger partial charge is 0.502 e. The van der Waals surface area contributed by atoms with Gasteiger partial charge in [-0.2, -0.15) is 0 Å². The molecule has 0 unspecified atom stereocenters. The molecule has 1 aliphatic heterocycles. The predicted octanol–water partition coefficient (Wildman–Crippen LogP) is 0.329. The number of carbonyl (C=O) groups excluding carboxylic acids is 1. The number of nitrogens with zero attached hydrogens (tertiary/aromatic N) is 1. The Morgan fingerprint density at radius 1 is 0.980 bits per heavy atom. The van der Waals surface area contributed by atoms with Gasteiger partial charge in [0.25, 0.3) is 0 Å². The van der Waals surface area contributed by atoms with Crippen LogP contribution in [0, 0.1) is 5.92 Å². The number of benzene rings is 2. The molecular weight excluding hydrogens is 648 g/mol. The van der Waals surface area contributed by atoms with E-state index in [1.54, 1.807) is 0 Å². The number of methoxy groups -OCH3 is 2. The highest BCUT2D eigenvalue weighted by Gasteiger charge is 2.46. The Hall–Kier alpha value is -4.55. The molecule has 1 heterocycles. The molecule has 5 atom stereocenters. The first-order valence-electron chi connectivity index (χ1n) is 15.5. The molecule has 0 amide bonds. The molecule has 17 nitrogen and oxygen atoms in total. The van der Waals surface area contributed by atoms with Crippen molar-refractivity contribution in [3.63, 3.8) is 0 Å². The summed E-state index contributed by atoms with van der Waals surface area (Å²) in [4.78, 5) is 28.8. The van der Waals surface area contributed by atoms with Gasteiger partial charge >= 0.3 is 11.9 Å². The van der Waals surface area contributed by atoms with Crippen LogP contribution in [-0.2, 0) is 15.9 Å². The number of guanidine groups is 1. The van der Waals surface area contributed by atoms with Crippen molar-refractivity contribution in [3.05, 3.63) is 41.0 Å². The number of carboxylic acid groups (broad SMARTS) is 1. The van der Waals surface area contributed by atoms with Crippen molar-refractivity contribution in [2.45, 2.75) is 63.8 Å². The fourth-order valence-electron chi connectivity index (χ4n) is 4.80. The highest BCUT2D eigenvalue weighted by molar-refractivity contribution is 5.91. The van der Waals surface area contributed by atoms with Crippen LogP contribution in [0.15, 0.2) is 29.3 Å². The number of esters is 1. The van der Waals surface area contributed by atoms with Gasteiger partial charge in [0.15, 0.2) is 29.0 Å². The minimum Gasteiger partial charge on any atom is -0.502 e. The fraction of sp³-hybridized carbons (Fsp3) is 0.531. The van der Waals surface area contributed by atoms with Gasteiger partial charge in [0.05, 0.1) is 25.3 Å². The molecule has 0 spiro atoms. The van der Waals surface area contributed by atoms with E-state index < -0.39 is 49.3 Å². The number of nitrogens with one attached hydrogen (secondary N) is 1. The second-order valence-electron chi connectivity index (χ2n) is 11.6. The zero-order chi connectivity index (χ0) is 36.2. The average molecular weight is 695 g/mol. The summed E-state index contributed by atoms with van der Waals surface area (Å²) >= 11 is 0. The molecule has 1 fully saturated rings. The maximum atomic E-state index is 13.1. The number of aliphatic hydroxyl groups is 3. The standard InChI is InChI=1S/C32H46N4O13/c1-16(2)7-9-35-15-47-21-13-19(12-20(44-3)24(21)37)30(43)46-14-23-25(38)26(39)27(40)31(48-23)49-28-17(6-5-8-36-32(33)34)10-18(29(41)42)11-22(28)45-4/h10-13,16,23,25-27,31,35,37-40H,5-9,14-15H2,1-4H3,(H,41,42)(H4,33,34,36)/t23-,25-,26+,27-,31+/m1/s1. The Kier molecular flexibility index (Phi) is 14.5. The van der Waals surface area contributed by atoms with Gasteiger partial charge in [-0.3, -0.25) is 10.3 Å². The number of hydrogen-bond donors (Lipinski definition) is 8. The third-order valence-corrected chi connectivity index (χ3v) is 7.50. The van der Waals surface area contributed by atoms with Crippen molar-refractivity contribution in [3.8, 4) is 28.7 Å². The number of phenols is 1. The van der Waals surface area contributed by atoms with Gasteiger partial charge in [0.1, 0.15) is 37.8 Å². The third kappa shape index (κ3) is 10.7. The average Bonchev–Trinajstić information content (AvgIpc) is 3.06. The topological polar surface area (TPSA) is 267 Å². The van der Waals surface area contributed by atoms with Crippen molar-refractivity contribution in [2.24, 2.45) is 22.4 Å². The lowest BCUT2D eigenvalue weighted by Gasteiger charge is -2.40. The van der Waals surface area contributed by atoms with Crippen molar-refractivity contribution in [1.29, 1.82) is 0 Å². The van der Waals surface area contributed by atoms with E-state index in [-0.39, 0.29) is 65.5 Å². The number of phenolic OH excluding ortho intramolecular Hbond substituents is 1. The lowest BCUT2D eigenvalue weighted by Crippen LogP contribution is -2.60. The minimum absolute atomic E-state index is 0.00278. The lowest BCUT2D eigenvalue weighted by atomic mass is 9.99. The van der Waals surface area contributed by atoms with E-state index in [2.05, 4.69) is 24.2 Å². The first-order valence-corrected chi connectivity index (χ1v) is 15.5. The quantitative estimate of drug-likeness (QED) is 0.0343. The van der Waals surface area contributed by atoms with Crippen LogP contribution in [0.4, 0.5) is 0 Å². The van der Waals surface area contributed by atoms with Crippen molar-refractivity contribution < 1.29 is 63.5 Å². The maximum Gasteiger partial charge on any atom is 0.338 e. The van der Waals surface area contributed by atoms with Gasteiger partial charge in [-0.25, -0.2) is 9.59 Å². The van der Waals surface area contributed by atoms with Crippen LogP contribution >= 0.6 is 0 Å². The van der Waals surface area contributed by atoms with Gasteiger partial charge in [0.2, 0.25) is 12.0 Å². The molecule has 10 N–H and O–H groups in total. The molecule has 0 saturated carbocycles. The van der Waals surface area contributed by atoms with Gasteiger partial charge < -0.3 is 65.4 Å². The van der Waals surface area contributed by atoms with Gasteiger partial charge in [-0.1, -0.05) is 13.8 Å². The number of carbonyl (C=O) groups is 2.